The summed E-state index contributed by atoms with van der Waals surface area (Å²) in [6.07, 6.45) is 7.04. The molecule has 0 radical (unpaired) electrons. The molecule has 0 fully saturated rings. The number of benzene rings is 1. The van der Waals surface area contributed by atoms with Crippen LogP contribution in [0.1, 0.15) is 31.2 Å². The molecule has 4 rings (SSSR count). The first-order valence-corrected chi connectivity index (χ1v) is 9.00. The number of nitrogens with zero attached hydrogens (tertiary/aromatic N) is 2. The van der Waals surface area contributed by atoms with Gasteiger partial charge in [-0.15, -0.1) is 11.3 Å². The quantitative estimate of drug-likeness (QED) is 0.437. The molecule has 0 amide bonds. The zero-order valence-electron chi connectivity index (χ0n) is 14.7. The smallest absolute Gasteiger partial charge is 0.339 e. The van der Waals surface area contributed by atoms with Crippen LogP contribution in [0.4, 0.5) is 4.39 Å². The van der Waals surface area contributed by atoms with E-state index in [9.17, 15) is 9.18 Å². The van der Waals surface area contributed by atoms with Crippen molar-refractivity contribution in [3.8, 4) is 0 Å². The van der Waals surface area contributed by atoms with Gasteiger partial charge >= 0.3 is 5.63 Å². The second-order valence-electron chi connectivity index (χ2n) is 5.07. The van der Waals surface area contributed by atoms with E-state index in [1.807, 2.05) is 26.2 Å². The van der Waals surface area contributed by atoms with Crippen LogP contribution in [0.5, 0.6) is 0 Å². The van der Waals surface area contributed by atoms with E-state index in [2.05, 4.69) is 22.5 Å². The van der Waals surface area contributed by atoms with Gasteiger partial charge in [-0.25, -0.2) is 14.2 Å². The molecule has 0 bridgehead atoms. The highest BCUT2D eigenvalue weighted by Crippen LogP contribution is 2.16. The molecular formula is C19H21FN2O2S. The van der Waals surface area contributed by atoms with E-state index in [1.54, 1.807) is 30.4 Å². The minimum Gasteiger partial charge on any atom is -0.422 e. The summed E-state index contributed by atoms with van der Waals surface area (Å²) in [7, 11) is 0. The zero-order chi connectivity index (χ0) is 18.4. The average molecular weight is 360 g/mol. The molecule has 4 aromatic rings. The lowest BCUT2D eigenvalue weighted by atomic mass is 10.2. The zero-order valence-corrected chi connectivity index (χ0v) is 15.6. The van der Waals surface area contributed by atoms with Gasteiger partial charge in [0.05, 0.1) is 0 Å². The molecule has 3 heterocycles. The topological polar surface area (TPSA) is 47.5 Å². The van der Waals surface area contributed by atoms with Crippen molar-refractivity contribution in [1.82, 2.24) is 9.38 Å². The number of rotatable bonds is 1. The van der Waals surface area contributed by atoms with Crippen molar-refractivity contribution in [3.63, 3.8) is 0 Å². The summed E-state index contributed by atoms with van der Waals surface area (Å²) in [5, 5.41) is 0.735. The van der Waals surface area contributed by atoms with Crippen LogP contribution < -0.4 is 5.63 Å². The molecule has 3 aromatic heterocycles. The van der Waals surface area contributed by atoms with Gasteiger partial charge in [0.25, 0.3) is 0 Å². The number of thiazole rings is 1. The number of aromatic nitrogens is 2. The maximum atomic E-state index is 12.7. The summed E-state index contributed by atoms with van der Waals surface area (Å²) in [4.78, 5) is 17.7. The standard InChI is InChI=1S/C10H7FO2.C7H8N2S.C2H6/c1-6-4-7-2-3-8(11)5-9(7)13-10(6)12;1-2-6-5-9-4-3-8-7(9)10-6;1-2/h2-5H,1H3;3-5H,2H2,1H3;1-2H3. The number of aryl methyl sites for hydroxylation is 2. The molecular weight excluding hydrogens is 339 g/mol. The second kappa shape index (κ2) is 8.58. The summed E-state index contributed by atoms with van der Waals surface area (Å²) in [5.74, 6) is -0.403. The monoisotopic (exact) mass is 360 g/mol. The van der Waals surface area contributed by atoms with Crippen LogP contribution in [0.2, 0.25) is 0 Å². The third kappa shape index (κ3) is 4.54. The van der Waals surface area contributed by atoms with E-state index < -0.39 is 11.4 Å². The van der Waals surface area contributed by atoms with Crippen LogP contribution in [0, 0.1) is 12.7 Å². The van der Waals surface area contributed by atoms with Gasteiger partial charge in [-0.2, -0.15) is 0 Å². The number of fused-ring (bicyclic) bond motifs is 2. The van der Waals surface area contributed by atoms with Crippen LogP contribution in [0.25, 0.3) is 15.9 Å². The van der Waals surface area contributed by atoms with Crippen LogP contribution in [0.3, 0.4) is 0 Å². The Balaban J connectivity index is 0.000000168. The van der Waals surface area contributed by atoms with Crippen molar-refractivity contribution < 1.29 is 8.81 Å². The van der Waals surface area contributed by atoms with E-state index in [0.29, 0.717) is 5.56 Å². The molecule has 6 heteroatoms. The number of hydrogen-bond donors (Lipinski definition) is 0. The molecule has 0 atom stereocenters. The fraction of sp³-hybridized carbons (Fsp3) is 0.263. The SMILES string of the molecule is CC.CCc1cn2ccnc2s1.Cc1cc2ccc(F)cc2oc1=O. The highest BCUT2D eigenvalue weighted by atomic mass is 32.1. The van der Waals surface area contributed by atoms with Crippen LogP contribution in [-0.4, -0.2) is 9.38 Å². The van der Waals surface area contributed by atoms with Gasteiger partial charge in [0.2, 0.25) is 0 Å². The van der Waals surface area contributed by atoms with Crippen molar-refractivity contribution in [1.29, 1.82) is 0 Å². The first-order chi connectivity index (χ1) is 12.1. The Morgan fingerprint density at radius 2 is 2.04 bits per heavy atom. The minimum absolute atomic E-state index is 0.288. The predicted octanol–water partition coefficient (Wildman–Crippen LogP) is 5.22. The van der Waals surface area contributed by atoms with E-state index in [4.69, 9.17) is 4.42 Å². The summed E-state index contributed by atoms with van der Waals surface area (Å²) in [5.41, 5.74) is 0.396. The molecule has 25 heavy (non-hydrogen) atoms. The molecule has 0 saturated carbocycles. The van der Waals surface area contributed by atoms with Crippen molar-refractivity contribution in [2.45, 2.75) is 34.1 Å². The fourth-order valence-corrected chi connectivity index (χ4v) is 3.00. The maximum Gasteiger partial charge on any atom is 0.339 e. The lowest BCUT2D eigenvalue weighted by Gasteiger charge is -1.96. The first kappa shape index (κ1) is 18.9. The summed E-state index contributed by atoms with van der Waals surface area (Å²) in [6, 6.07) is 5.80. The maximum absolute atomic E-state index is 12.7. The molecule has 0 N–H and O–H groups in total. The van der Waals surface area contributed by atoms with Crippen LogP contribution in [-0.2, 0) is 6.42 Å². The molecule has 0 aliphatic rings. The molecule has 0 unspecified atom stereocenters. The van der Waals surface area contributed by atoms with Crippen molar-refractivity contribution >= 4 is 27.3 Å². The highest BCUT2D eigenvalue weighted by Gasteiger charge is 2.01. The average Bonchev–Trinajstić information content (AvgIpc) is 3.20. The normalized spacial score (nSPS) is 10.1. The molecule has 4 nitrogen and oxygen atoms in total. The number of imidazole rings is 1. The Labute approximate surface area is 149 Å². The summed E-state index contributed by atoms with van der Waals surface area (Å²) < 4.78 is 19.6. The lowest BCUT2D eigenvalue weighted by molar-refractivity contribution is 0.549. The summed E-state index contributed by atoms with van der Waals surface area (Å²) in [6.45, 7) is 7.82. The van der Waals surface area contributed by atoms with Gasteiger partial charge in [-0.05, 0) is 31.5 Å². The van der Waals surface area contributed by atoms with Crippen molar-refractivity contribution in [2.24, 2.45) is 0 Å². The van der Waals surface area contributed by atoms with Crippen molar-refractivity contribution in [2.75, 3.05) is 0 Å². The Kier molecular flexibility index (Phi) is 6.47. The Hall–Kier alpha value is -2.47. The predicted molar refractivity (Wildman–Crippen MR) is 101 cm³/mol. The van der Waals surface area contributed by atoms with Gasteiger partial charge in [0.1, 0.15) is 11.4 Å². The van der Waals surface area contributed by atoms with Gasteiger partial charge in [0, 0.05) is 40.5 Å². The number of hydrogen-bond acceptors (Lipinski definition) is 4. The van der Waals surface area contributed by atoms with E-state index >= 15 is 0 Å². The van der Waals surface area contributed by atoms with Crippen LogP contribution >= 0.6 is 11.3 Å². The molecule has 0 spiro atoms. The van der Waals surface area contributed by atoms with Gasteiger partial charge in [0.15, 0.2) is 4.96 Å². The molecule has 1 aromatic carbocycles. The van der Waals surface area contributed by atoms with Crippen molar-refractivity contribution in [3.05, 3.63) is 69.5 Å². The largest absolute Gasteiger partial charge is 0.422 e. The van der Waals surface area contributed by atoms with Gasteiger partial charge in [-0.1, -0.05) is 20.8 Å². The Morgan fingerprint density at radius 1 is 1.28 bits per heavy atom. The Bertz CT molecular complexity index is 989. The van der Waals surface area contributed by atoms with Gasteiger partial charge < -0.3 is 4.42 Å². The molecule has 132 valence electrons. The number of halogens is 1. The fourth-order valence-electron chi connectivity index (χ4n) is 2.13. The first-order valence-electron chi connectivity index (χ1n) is 8.18. The second-order valence-corrected chi connectivity index (χ2v) is 6.16. The molecule has 0 aliphatic carbocycles. The molecule has 0 aliphatic heterocycles. The van der Waals surface area contributed by atoms with E-state index in [0.717, 1.165) is 16.8 Å². The van der Waals surface area contributed by atoms with E-state index in [-0.39, 0.29) is 5.58 Å². The minimum atomic E-state index is -0.418. The Morgan fingerprint density at radius 3 is 2.72 bits per heavy atom. The van der Waals surface area contributed by atoms with Gasteiger partial charge in [-0.3, -0.25) is 4.40 Å². The van der Waals surface area contributed by atoms with Crippen LogP contribution in [0.15, 0.2) is 52.1 Å². The highest BCUT2D eigenvalue weighted by molar-refractivity contribution is 7.17. The third-order valence-corrected chi connectivity index (χ3v) is 4.51. The van der Waals surface area contributed by atoms with E-state index in [1.165, 1.54) is 17.0 Å². The lowest BCUT2D eigenvalue weighted by Crippen LogP contribution is -2.01. The third-order valence-electron chi connectivity index (χ3n) is 3.36. The molecule has 0 saturated heterocycles. The summed E-state index contributed by atoms with van der Waals surface area (Å²) >= 11 is 1.76.